The molecule has 0 fully saturated rings. The smallest absolute Gasteiger partial charge is 0.127 e. The minimum absolute atomic E-state index is 0.243. The van der Waals surface area contributed by atoms with Crippen LogP contribution in [-0.2, 0) is 0 Å². The largest absolute Gasteiger partial charge is 0.486 e. The van der Waals surface area contributed by atoms with Gasteiger partial charge in [0.25, 0.3) is 0 Å². The third kappa shape index (κ3) is 3.67. The predicted molar refractivity (Wildman–Crippen MR) is 76.4 cm³/mol. The number of rotatable bonds is 6. The fourth-order valence-corrected chi connectivity index (χ4v) is 2.22. The van der Waals surface area contributed by atoms with Crippen molar-refractivity contribution in [2.45, 2.75) is 44.6 Å². The van der Waals surface area contributed by atoms with Gasteiger partial charge in [0.05, 0.1) is 0 Å². The van der Waals surface area contributed by atoms with Gasteiger partial charge in [0.15, 0.2) is 0 Å². The molecule has 0 aliphatic carbocycles. The maximum Gasteiger partial charge on any atom is 0.127 e. The molecule has 0 N–H and O–H groups in total. The van der Waals surface area contributed by atoms with Crippen molar-refractivity contribution < 1.29 is 4.74 Å². The van der Waals surface area contributed by atoms with Gasteiger partial charge in [-0.3, -0.25) is 0 Å². The van der Waals surface area contributed by atoms with Crippen LogP contribution in [0.3, 0.4) is 0 Å². The van der Waals surface area contributed by atoms with Gasteiger partial charge in [-0.2, -0.15) is 0 Å². The molecule has 1 aliphatic heterocycles. The summed E-state index contributed by atoms with van der Waals surface area (Å²) >= 11 is 0. The second kappa shape index (κ2) is 6.91. The number of benzene rings is 1. The second-order valence-electron chi connectivity index (χ2n) is 4.71. The Morgan fingerprint density at radius 2 is 1.94 bits per heavy atom. The van der Waals surface area contributed by atoms with Gasteiger partial charge in [-0.15, -0.1) is 12.3 Å². The third-order valence-electron chi connectivity index (χ3n) is 3.25. The van der Waals surface area contributed by atoms with E-state index in [4.69, 9.17) is 11.2 Å². The fraction of sp³-hybridized carbons (Fsp3) is 0.412. The SMILES string of the molecule is C#CCCCCCCC1C=Cc2ccccc2O1. The molecule has 1 nitrogen and oxygen atoms in total. The highest BCUT2D eigenvalue weighted by atomic mass is 16.5. The Morgan fingerprint density at radius 3 is 2.83 bits per heavy atom. The molecule has 0 amide bonds. The Morgan fingerprint density at radius 1 is 1.11 bits per heavy atom. The number of para-hydroxylation sites is 1. The lowest BCUT2D eigenvalue weighted by Gasteiger charge is -2.21. The van der Waals surface area contributed by atoms with E-state index in [1.807, 2.05) is 18.2 Å². The first-order chi connectivity index (χ1) is 8.90. The van der Waals surface area contributed by atoms with Crippen LogP contribution in [0.15, 0.2) is 30.3 Å². The minimum atomic E-state index is 0.243. The van der Waals surface area contributed by atoms with E-state index in [2.05, 4.69) is 24.1 Å². The molecule has 1 unspecified atom stereocenters. The zero-order valence-electron chi connectivity index (χ0n) is 10.8. The van der Waals surface area contributed by atoms with Crippen LogP contribution in [0, 0.1) is 12.3 Å². The lowest BCUT2D eigenvalue weighted by Crippen LogP contribution is -2.16. The number of terminal acetylenes is 1. The highest BCUT2D eigenvalue weighted by Gasteiger charge is 2.13. The van der Waals surface area contributed by atoms with Gasteiger partial charge in [-0.05, 0) is 31.4 Å². The lowest BCUT2D eigenvalue weighted by atomic mass is 10.0. The maximum absolute atomic E-state index is 5.94. The molecule has 0 bridgehead atoms. The summed E-state index contributed by atoms with van der Waals surface area (Å²) in [6.45, 7) is 0. The molecule has 1 aromatic carbocycles. The summed E-state index contributed by atoms with van der Waals surface area (Å²) in [6, 6.07) is 8.19. The molecule has 0 radical (unpaired) electrons. The Hall–Kier alpha value is -1.68. The van der Waals surface area contributed by atoms with E-state index in [9.17, 15) is 0 Å². The highest BCUT2D eigenvalue weighted by molar-refractivity contribution is 5.59. The van der Waals surface area contributed by atoms with Gasteiger partial charge in [0.1, 0.15) is 11.9 Å². The van der Waals surface area contributed by atoms with E-state index in [1.165, 1.54) is 24.8 Å². The van der Waals surface area contributed by atoms with Crippen LogP contribution in [0.25, 0.3) is 6.08 Å². The molecular formula is C17H20O. The van der Waals surface area contributed by atoms with E-state index in [0.717, 1.165) is 25.0 Å². The maximum atomic E-state index is 5.94. The summed E-state index contributed by atoms with van der Waals surface area (Å²) < 4.78 is 5.94. The molecule has 1 atom stereocenters. The molecule has 18 heavy (non-hydrogen) atoms. The Balaban J connectivity index is 1.69. The molecule has 1 aliphatic rings. The summed E-state index contributed by atoms with van der Waals surface area (Å²) in [5.41, 5.74) is 1.18. The Kier molecular flexibility index (Phi) is 4.90. The standard InChI is InChI=1S/C17H20O/c1-2-3-4-5-6-7-11-16-14-13-15-10-8-9-12-17(15)18-16/h1,8-10,12-14,16H,3-7,11H2. The van der Waals surface area contributed by atoms with Gasteiger partial charge in [-0.25, -0.2) is 0 Å². The monoisotopic (exact) mass is 240 g/mol. The number of hydrogen-bond donors (Lipinski definition) is 0. The first-order valence-corrected chi connectivity index (χ1v) is 6.77. The summed E-state index contributed by atoms with van der Waals surface area (Å²) in [6.07, 6.45) is 16.7. The molecule has 1 heterocycles. The van der Waals surface area contributed by atoms with Crippen LogP contribution in [0.1, 0.15) is 44.1 Å². The van der Waals surface area contributed by atoms with Crippen molar-refractivity contribution in [3.63, 3.8) is 0 Å². The minimum Gasteiger partial charge on any atom is -0.486 e. The zero-order valence-corrected chi connectivity index (χ0v) is 10.8. The van der Waals surface area contributed by atoms with E-state index in [1.54, 1.807) is 0 Å². The van der Waals surface area contributed by atoms with Crippen molar-refractivity contribution in [1.29, 1.82) is 0 Å². The van der Waals surface area contributed by atoms with E-state index >= 15 is 0 Å². The van der Waals surface area contributed by atoms with Crippen LogP contribution in [0.2, 0.25) is 0 Å². The number of fused-ring (bicyclic) bond motifs is 1. The summed E-state index contributed by atoms with van der Waals surface area (Å²) in [4.78, 5) is 0. The molecule has 2 rings (SSSR count). The average molecular weight is 240 g/mol. The molecular weight excluding hydrogens is 220 g/mol. The molecule has 1 heteroatoms. The van der Waals surface area contributed by atoms with E-state index < -0.39 is 0 Å². The van der Waals surface area contributed by atoms with E-state index in [0.29, 0.717) is 0 Å². The number of hydrogen-bond acceptors (Lipinski definition) is 1. The molecule has 0 aromatic heterocycles. The van der Waals surface area contributed by atoms with Crippen molar-refractivity contribution in [2.24, 2.45) is 0 Å². The first-order valence-electron chi connectivity index (χ1n) is 6.77. The molecule has 0 saturated carbocycles. The van der Waals surface area contributed by atoms with Crippen LogP contribution < -0.4 is 4.74 Å². The van der Waals surface area contributed by atoms with Gasteiger partial charge in [0.2, 0.25) is 0 Å². The van der Waals surface area contributed by atoms with Gasteiger partial charge in [-0.1, -0.05) is 37.1 Å². The van der Waals surface area contributed by atoms with Gasteiger partial charge >= 0.3 is 0 Å². The van der Waals surface area contributed by atoms with Crippen LogP contribution in [0.4, 0.5) is 0 Å². The van der Waals surface area contributed by atoms with Crippen molar-refractivity contribution in [3.05, 3.63) is 35.9 Å². The Bertz CT molecular complexity index is 439. The van der Waals surface area contributed by atoms with Crippen molar-refractivity contribution in [3.8, 4) is 18.1 Å². The van der Waals surface area contributed by atoms with Gasteiger partial charge < -0.3 is 4.74 Å². The molecule has 0 saturated heterocycles. The molecule has 0 spiro atoms. The summed E-state index contributed by atoms with van der Waals surface area (Å²) in [5.74, 6) is 3.69. The molecule has 1 aromatic rings. The lowest BCUT2D eigenvalue weighted by molar-refractivity contribution is 0.230. The Labute approximate surface area is 110 Å². The van der Waals surface area contributed by atoms with Crippen molar-refractivity contribution in [2.75, 3.05) is 0 Å². The topological polar surface area (TPSA) is 9.23 Å². The van der Waals surface area contributed by atoms with Crippen LogP contribution >= 0.6 is 0 Å². The first kappa shape index (κ1) is 12.8. The van der Waals surface area contributed by atoms with Crippen LogP contribution in [-0.4, -0.2) is 6.10 Å². The quantitative estimate of drug-likeness (QED) is 0.528. The van der Waals surface area contributed by atoms with Crippen molar-refractivity contribution >= 4 is 6.08 Å². The number of ether oxygens (including phenoxy) is 1. The molecule has 94 valence electrons. The average Bonchev–Trinajstić information content (AvgIpc) is 2.42. The van der Waals surface area contributed by atoms with E-state index in [-0.39, 0.29) is 6.10 Å². The normalized spacial score (nSPS) is 16.7. The fourth-order valence-electron chi connectivity index (χ4n) is 2.22. The zero-order chi connectivity index (χ0) is 12.6. The van der Waals surface area contributed by atoms with Gasteiger partial charge in [0, 0.05) is 12.0 Å². The predicted octanol–water partition coefficient (Wildman–Crippen LogP) is 4.43. The van der Waals surface area contributed by atoms with Crippen molar-refractivity contribution in [1.82, 2.24) is 0 Å². The number of unbranched alkanes of at least 4 members (excludes halogenated alkanes) is 4. The highest BCUT2D eigenvalue weighted by Crippen LogP contribution is 2.27. The second-order valence-corrected chi connectivity index (χ2v) is 4.71. The summed E-state index contributed by atoms with van der Waals surface area (Å²) in [5, 5.41) is 0. The van der Waals surface area contributed by atoms with Crippen LogP contribution in [0.5, 0.6) is 5.75 Å². The summed E-state index contributed by atoms with van der Waals surface area (Å²) in [7, 11) is 0. The third-order valence-corrected chi connectivity index (χ3v) is 3.25.